The van der Waals surface area contributed by atoms with Crippen molar-refractivity contribution in [3.8, 4) is 0 Å². The molecule has 0 saturated carbocycles. The molecule has 1 aliphatic rings. The van der Waals surface area contributed by atoms with E-state index in [1.165, 1.54) is 17.3 Å². The molecule has 2 aromatic rings. The Balaban J connectivity index is 1.93. The first-order valence-corrected chi connectivity index (χ1v) is 12.7. The fourth-order valence-electron chi connectivity index (χ4n) is 4.17. The molecule has 3 rings (SSSR count). The molecule has 2 amide bonds. The molecule has 1 aliphatic heterocycles. The number of rotatable bonds is 8. The van der Waals surface area contributed by atoms with Crippen LogP contribution in [0.1, 0.15) is 44.4 Å². The van der Waals surface area contributed by atoms with Gasteiger partial charge in [-0.2, -0.15) is 4.31 Å². The molecule has 0 unspecified atom stereocenters. The fraction of sp³-hybridized carbons (Fsp3) is 0.360. The van der Waals surface area contributed by atoms with Crippen molar-refractivity contribution in [3.05, 3.63) is 59.8 Å². The lowest BCUT2D eigenvalue weighted by atomic mass is 9.93. The topological polar surface area (TPSA) is 90.0 Å². The van der Waals surface area contributed by atoms with E-state index >= 15 is 0 Å². The number of benzene rings is 2. The van der Waals surface area contributed by atoms with Gasteiger partial charge < -0.3 is 15.1 Å². The Bertz CT molecular complexity index is 1200. The molecule has 9 heteroatoms. The highest BCUT2D eigenvalue weighted by atomic mass is 32.2. The van der Waals surface area contributed by atoms with Gasteiger partial charge in [-0.15, -0.1) is 0 Å². The molecule has 1 atom stereocenters. The summed E-state index contributed by atoms with van der Waals surface area (Å²) in [5.74, 6) is -0.480. The minimum Gasteiger partial charge on any atom is -0.376 e. The largest absolute Gasteiger partial charge is 0.376 e. The Labute approximate surface area is 201 Å². The quantitative estimate of drug-likeness (QED) is 0.617. The Hall–Kier alpha value is -3.17. The third-order valence-corrected chi connectivity index (χ3v) is 7.96. The second-order valence-corrected chi connectivity index (χ2v) is 10.2. The summed E-state index contributed by atoms with van der Waals surface area (Å²) in [6.45, 7) is 5.75. The van der Waals surface area contributed by atoms with Crippen LogP contribution in [0.4, 0.5) is 11.4 Å². The first kappa shape index (κ1) is 25.5. The van der Waals surface area contributed by atoms with Crippen molar-refractivity contribution < 1.29 is 18.0 Å². The minimum absolute atomic E-state index is 0.0286. The standard InChI is InChI=1S/C25H32N4O4S/c1-6-28(7-2)34(32,33)20-12-13-23(27(4)5)22(16-20)26-25(31)17-24-21-11-9-8-10-19(21)14-15-29(24)18(3)30/h8-16,24H,6-7,17H2,1-5H3,(H,26,31)/t24-/m1/s1. The highest BCUT2D eigenvalue weighted by molar-refractivity contribution is 7.89. The lowest BCUT2D eigenvalue weighted by Gasteiger charge is -2.32. The van der Waals surface area contributed by atoms with Crippen LogP contribution in [0.15, 0.2) is 53.6 Å². The zero-order chi connectivity index (χ0) is 25.0. The maximum absolute atomic E-state index is 13.2. The highest BCUT2D eigenvalue weighted by Crippen LogP contribution is 2.34. The van der Waals surface area contributed by atoms with Gasteiger partial charge in [0.05, 0.1) is 28.7 Å². The molecular formula is C25H32N4O4S. The summed E-state index contributed by atoms with van der Waals surface area (Å²) in [5, 5.41) is 2.89. The zero-order valence-electron chi connectivity index (χ0n) is 20.3. The first-order valence-electron chi connectivity index (χ1n) is 11.3. The van der Waals surface area contributed by atoms with Gasteiger partial charge in [0.25, 0.3) is 0 Å². The fourth-order valence-corrected chi connectivity index (χ4v) is 5.65. The smallest absolute Gasteiger partial charge is 0.243 e. The zero-order valence-corrected chi connectivity index (χ0v) is 21.1. The second-order valence-electron chi connectivity index (χ2n) is 8.30. The molecule has 0 radical (unpaired) electrons. The lowest BCUT2D eigenvalue weighted by Crippen LogP contribution is -2.33. The van der Waals surface area contributed by atoms with Gasteiger partial charge in [0.2, 0.25) is 21.8 Å². The van der Waals surface area contributed by atoms with Crippen LogP contribution in [0.5, 0.6) is 0 Å². The summed E-state index contributed by atoms with van der Waals surface area (Å²) in [6, 6.07) is 11.9. The normalized spacial score (nSPS) is 15.2. The molecule has 1 heterocycles. The Morgan fingerprint density at radius 2 is 1.74 bits per heavy atom. The van der Waals surface area contributed by atoms with Crippen LogP contribution in [-0.2, 0) is 19.6 Å². The number of hydrogen-bond acceptors (Lipinski definition) is 5. The number of carbonyl (C=O) groups is 2. The lowest BCUT2D eigenvalue weighted by molar-refractivity contribution is -0.129. The van der Waals surface area contributed by atoms with E-state index in [9.17, 15) is 18.0 Å². The molecule has 0 fully saturated rings. The van der Waals surface area contributed by atoms with Crippen LogP contribution in [0, 0.1) is 0 Å². The number of sulfonamides is 1. The molecule has 0 saturated heterocycles. The van der Waals surface area contributed by atoms with E-state index in [1.54, 1.807) is 37.1 Å². The molecule has 182 valence electrons. The van der Waals surface area contributed by atoms with E-state index in [-0.39, 0.29) is 23.1 Å². The van der Waals surface area contributed by atoms with Crippen LogP contribution in [-0.4, -0.2) is 56.6 Å². The van der Waals surface area contributed by atoms with Crippen molar-refractivity contribution in [2.75, 3.05) is 37.4 Å². The second kappa shape index (κ2) is 10.4. The predicted octanol–water partition coefficient (Wildman–Crippen LogP) is 3.69. The predicted molar refractivity (Wildman–Crippen MR) is 135 cm³/mol. The highest BCUT2D eigenvalue weighted by Gasteiger charge is 2.29. The number of carbonyl (C=O) groups excluding carboxylic acids is 2. The third kappa shape index (κ3) is 5.15. The van der Waals surface area contributed by atoms with E-state index in [2.05, 4.69) is 5.32 Å². The van der Waals surface area contributed by atoms with Crippen molar-refractivity contribution in [3.63, 3.8) is 0 Å². The number of anilines is 2. The number of hydrogen-bond donors (Lipinski definition) is 1. The Morgan fingerprint density at radius 1 is 1.06 bits per heavy atom. The van der Waals surface area contributed by atoms with Gasteiger partial charge in [0.1, 0.15) is 0 Å². The van der Waals surface area contributed by atoms with Crippen LogP contribution in [0.2, 0.25) is 0 Å². The summed E-state index contributed by atoms with van der Waals surface area (Å²) in [7, 11) is -0.0424. The molecule has 0 bridgehead atoms. The molecule has 2 aromatic carbocycles. The number of amides is 2. The van der Waals surface area contributed by atoms with E-state index < -0.39 is 16.1 Å². The summed E-state index contributed by atoms with van der Waals surface area (Å²) in [4.78, 5) is 28.9. The van der Waals surface area contributed by atoms with Crippen molar-refractivity contribution in [2.45, 2.75) is 38.1 Å². The van der Waals surface area contributed by atoms with Crippen LogP contribution in [0.3, 0.4) is 0 Å². The maximum atomic E-state index is 13.2. The Morgan fingerprint density at radius 3 is 2.35 bits per heavy atom. The van der Waals surface area contributed by atoms with Crippen LogP contribution < -0.4 is 10.2 Å². The molecule has 0 aromatic heterocycles. The van der Waals surface area contributed by atoms with Gasteiger partial charge >= 0.3 is 0 Å². The van der Waals surface area contributed by atoms with Gasteiger partial charge in [-0.3, -0.25) is 9.59 Å². The summed E-state index contributed by atoms with van der Waals surface area (Å²) in [5.41, 5.74) is 2.93. The number of fused-ring (bicyclic) bond motifs is 1. The van der Waals surface area contributed by atoms with E-state index in [4.69, 9.17) is 0 Å². The molecular weight excluding hydrogens is 452 g/mol. The number of nitrogens with zero attached hydrogens (tertiary/aromatic N) is 3. The molecule has 8 nitrogen and oxygen atoms in total. The van der Waals surface area contributed by atoms with Gasteiger partial charge in [-0.05, 0) is 35.4 Å². The Kier molecular flexibility index (Phi) is 7.78. The van der Waals surface area contributed by atoms with E-state index in [1.807, 2.05) is 49.3 Å². The average molecular weight is 485 g/mol. The molecule has 0 spiro atoms. The van der Waals surface area contributed by atoms with Crippen LogP contribution in [0.25, 0.3) is 6.08 Å². The van der Waals surface area contributed by atoms with Gasteiger partial charge in [0.15, 0.2) is 0 Å². The average Bonchev–Trinajstić information content (AvgIpc) is 2.79. The molecule has 34 heavy (non-hydrogen) atoms. The van der Waals surface area contributed by atoms with Crippen molar-refractivity contribution in [2.24, 2.45) is 0 Å². The van der Waals surface area contributed by atoms with Crippen molar-refractivity contribution in [1.82, 2.24) is 9.21 Å². The van der Waals surface area contributed by atoms with E-state index in [0.29, 0.717) is 24.5 Å². The monoisotopic (exact) mass is 484 g/mol. The third-order valence-electron chi connectivity index (χ3n) is 5.91. The van der Waals surface area contributed by atoms with E-state index in [0.717, 1.165) is 11.1 Å². The summed E-state index contributed by atoms with van der Waals surface area (Å²) in [6.07, 6.45) is 3.59. The minimum atomic E-state index is -3.69. The maximum Gasteiger partial charge on any atom is 0.243 e. The van der Waals surface area contributed by atoms with Crippen molar-refractivity contribution in [1.29, 1.82) is 0 Å². The summed E-state index contributed by atoms with van der Waals surface area (Å²) >= 11 is 0. The number of nitrogens with one attached hydrogen (secondary N) is 1. The van der Waals surface area contributed by atoms with Gasteiger partial charge in [-0.1, -0.05) is 38.1 Å². The molecule has 1 N–H and O–H groups in total. The van der Waals surface area contributed by atoms with Crippen LogP contribution >= 0.6 is 0 Å². The van der Waals surface area contributed by atoms with Gasteiger partial charge in [-0.25, -0.2) is 8.42 Å². The van der Waals surface area contributed by atoms with Gasteiger partial charge in [0, 0.05) is 40.3 Å². The van der Waals surface area contributed by atoms with Crippen molar-refractivity contribution >= 4 is 39.3 Å². The molecule has 0 aliphatic carbocycles. The SMILES string of the molecule is CCN(CC)S(=O)(=O)c1ccc(N(C)C)c(NC(=O)C[C@@H]2c3ccccc3C=CN2C(C)=O)c1. The first-order chi connectivity index (χ1) is 16.1. The summed E-state index contributed by atoms with van der Waals surface area (Å²) < 4.78 is 27.4.